The number of nitrogens with zero attached hydrogens (tertiary/aromatic N) is 1. The molecule has 6 heteroatoms. The molecule has 1 saturated heterocycles. The fraction of sp³-hybridized carbons (Fsp3) is 0.533. The smallest absolute Gasteiger partial charge is 0.221 e. The lowest BCUT2D eigenvalue weighted by atomic mass is 10.3. The van der Waals surface area contributed by atoms with Crippen LogP contribution in [0, 0.1) is 5.82 Å². The summed E-state index contributed by atoms with van der Waals surface area (Å²) in [5, 5.41) is 5.80. The van der Waals surface area contributed by atoms with E-state index in [9.17, 15) is 9.18 Å². The summed E-state index contributed by atoms with van der Waals surface area (Å²) in [6.45, 7) is 5.27. The number of amides is 1. The maximum Gasteiger partial charge on any atom is 0.221 e. The molecule has 1 aromatic carbocycles. The van der Waals surface area contributed by atoms with Crippen LogP contribution in [0.15, 0.2) is 24.3 Å². The Labute approximate surface area is 124 Å². The third-order valence-electron chi connectivity index (χ3n) is 3.40. The molecule has 1 amide bonds. The Bertz CT molecular complexity index is 450. The normalized spacial score (nSPS) is 15.7. The molecule has 1 aromatic rings. The van der Waals surface area contributed by atoms with Crippen molar-refractivity contribution in [1.82, 2.24) is 10.2 Å². The lowest BCUT2D eigenvalue weighted by Crippen LogP contribution is -2.41. The predicted octanol–water partition coefficient (Wildman–Crippen LogP) is 1.08. The molecule has 116 valence electrons. The molecular formula is C15H22FN3O2. The van der Waals surface area contributed by atoms with Gasteiger partial charge < -0.3 is 15.4 Å². The predicted molar refractivity (Wildman–Crippen MR) is 79.8 cm³/mol. The molecule has 0 unspecified atom stereocenters. The maximum atomic E-state index is 13.3. The van der Waals surface area contributed by atoms with Gasteiger partial charge >= 0.3 is 0 Å². The summed E-state index contributed by atoms with van der Waals surface area (Å²) in [4.78, 5) is 13.9. The van der Waals surface area contributed by atoms with E-state index >= 15 is 0 Å². The first-order valence-corrected chi connectivity index (χ1v) is 7.31. The first-order valence-electron chi connectivity index (χ1n) is 7.31. The summed E-state index contributed by atoms with van der Waals surface area (Å²) in [7, 11) is 0. The fourth-order valence-electron chi connectivity index (χ4n) is 2.18. The Balaban J connectivity index is 1.56. The van der Waals surface area contributed by atoms with Gasteiger partial charge in [-0.2, -0.15) is 0 Å². The molecule has 0 radical (unpaired) electrons. The van der Waals surface area contributed by atoms with Gasteiger partial charge in [-0.1, -0.05) is 12.1 Å². The molecule has 0 bridgehead atoms. The average molecular weight is 295 g/mol. The molecule has 0 atom stereocenters. The van der Waals surface area contributed by atoms with Gasteiger partial charge in [-0.05, 0) is 12.1 Å². The number of benzene rings is 1. The Hall–Kier alpha value is -1.66. The molecule has 0 spiro atoms. The van der Waals surface area contributed by atoms with Crippen molar-refractivity contribution in [3.63, 3.8) is 0 Å². The monoisotopic (exact) mass is 295 g/mol. The molecule has 0 saturated carbocycles. The van der Waals surface area contributed by atoms with E-state index in [1.165, 1.54) is 6.07 Å². The van der Waals surface area contributed by atoms with Crippen molar-refractivity contribution in [2.24, 2.45) is 0 Å². The quantitative estimate of drug-likeness (QED) is 0.790. The Morgan fingerprint density at radius 1 is 1.24 bits per heavy atom. The molecular weight excluding hydrogens is 273 g/mol. The van der Waals surface area contributed by atoms with Crippen LogP contribution < -0.4 is 10.6 Å². The number of carbonyl (C=O) groups is 1. The van der Waals surface area contributed by atoms with Gasteiger partial charge in [-0.15, -0.1) is 0 Å². The average Bonchev–Trinajstić information content (AvgIpc) is 2.50. The van der Waals surface area contributed by atoms with Crippen molar-refractivity contribution < 1.29 is 13.9 Å². The largest absolute Gasteiger partial charge is 0.382 e. The van der Waals surface area contributed by atoms with Crippen LogP contribution in [0.4, 0.5) is 10.1 Å². The van der Waals surface area contributed by atoms with Crippen molar-refractivity contribution in [3.8, 4) is 0 Å². The Morgan fingerprint density at radius 3 is 2.76 bits per heavy atom. The highest BCUT2D eigenvalue weighted by atomic mass is 19.1. The van der Waals surface area contributed by atoms with Crippen LogP contribution in [0.5, 0.6) is 0 Å². The van der Waals surface area contributed by atoms with E-state index in [2.05, 4.69) is 15.5 Å². The number of anilines is 1. The molecule has 2 N–H and O–H groups in total. The zero-order chi connectivity index (χ0) is 14.9. The number of morpholine rings is 1. The first kappa shape index (κ1) is 15.7. The maximum absolute atomic E-state index is 13.3. The van der Waals surface area contributed by atoms with E-state index in [1.54, 1.807) is 18.2 Å². The van der Waals surface area contributed by atoms with Crippen LogP contribution in [-0.4, -0.2) is 56.7 Å². The highest BCUT2D eigenvalue weighted by Crippen LogP contribution is 2.11. The lowest BCUT2D eigenvalue weighted by Gasteiger charge is -2.26. The van der Waals surface area contributed by atoms with Crippen LogP contribution in [0.2, 0.25) is 0 Å². The van der Waals surface area contributed by atoms with Gasteiger partial charge in [0.2, 0.25) is 5.91 Å². The van der Waals surface area contributed by atoms with Gasteiger partial charge in [0.15, 0.2) is 0 Å². The summed E-state index contributed by atoms with van der Waals surface area (Å²) in [6.07, 6.45) is 0.331. The molecule has 21 heavy (non-hydrogen) atoms. The fourth-order valence-corrected chi connectivity index (χ4v) is 2.18. The number of hydrogen-bond donors (Lipinski definition) is 2. The van der Waals surface area contributed by atoms with Crippen molar-refractivity contribution in [3.05, 3.63) is 30.1 Å². The molecule has 0 aliphatic carbocycles. The van der Waals surface area contributed by atoms with Gasteiger partial charge in [0, 0.05) is 39.1 Å². The second-order valence-electron chi connectivity index (χ2n) is 4.96. The third-order valence-corrected chi connectivity index (χ3v) is 3.40. The van der Waals surface area contributed by atoms with E-state index in [0.717, 1.165) is 32.8 Å². The number of ether oxygens (including phenoxy) is 1. The van der Waals surface area contributed by atoms with Gasteiger partial charge in [0.1, 0.15) is 5.82 Å². The molecule has 1 aliphatic heterocycles. The van der Waals surface area contributed by atoms with Crippen LogP contribution >= 0.6 is 0 Å². The Kier molecular flexibility index (Phi) is 6.43. The van der Waals surface area contributed by atoms with Crippen molar-refractivity contribution in [2.75, 3.05) is 51.3 Å². The lowest BCUT2D eigenvalue weighted by molar-refractivity contribution is -0.120. The van der Waals surface area contributed by atoms with Crippen molar-refractivity contribution >= 4 is 11.6 Å². The molecule has 0 aromatic heterocycles. The minimum atomic E-state index is -0.301. The van der Waals surface area contributed by atoms with E-state index in [-0.39, 0.29) is 11.7 Å². The zero-order valence-corrected chi connectivity index (χ0v) is 12.1. The number of hydrogen-bond acceptors (Lipinski definition) is 4. The minimum Gasteiger partial charge on any atom is -0.382 e. The topological polar surface area (TPSA) is 53.6 Å². The molecule has 5 nitrogen and oxygen atoms in total. The number of rotatable bonds is 7. The van der Waals surface area contributed by atoms with Gasteiger partial charge in [0.25, 0.3) is 0 Å². The van der Waals surface area contributed by atoms with Crippen molar-refractivity contribution in [1.29, 1.82) is 0 Å². The number of nitrogens with one attached hydrogen (secondary N) is 2. The molecule has 1 aliphatic rings. The van der Waals surface area contributed by atoms with Crippen LogP contribution in [0.25, 0.3) is 0 Å². The molecule has 1 heterocycles. The van der Waals surface area contributed by atoms with E-state index in [1.807, 2.05) is 0 Å². The minimum absolute atomic E-state index is 0.0212. The summed E-state index contributed by atoms with van der Waals surface area (Å²) < 4.78 is 18.6. The van der Waals surface area contributed by atoms with Gasteiger partial charge in [0.05, 0.1) is 18.9 Å². The zero-order valence-electron chi connectivity index (χ0n) is 12.1. The summed E-state index contributed by atoms with van der Waals surface area (Å²) >= 11 is 0. The van der Waals surface area contributed by atoms with Crippen LogP contribution in [0.1, 0.15) is 6.42 Å². The second kappa shape index (κ2) is 8.59. The summed E-state index contributed by atoms with van der Waals surface area (Å²) in [5.74, 6) is -0.322. The van der Waals surface area contributed by atoms with Crippen molar-refractivity contribution in [2.45, 2.75) is 6.42 Å². The SMILES string of the molecule is O=C(CCNc1ccccc1F)NCCN1CCOCC1. The first-order chi connectivity index (χ1) is 10.3. The third kappa shape index (κ3) is 5.69. The highest BCUT2D eigenvalue weighted by molar-refractivity contribution is 5.76. The number of halogens is 1. The number of carbonyl (C=O) groups excluding carboxylic acids is 1. The summed E-state index contributed by atoms with van der Waals surface area (Å²) in [5.41, 5.74) is 0.429. The van der Waals surface area contributed by atoms with Gasteiger partial charge in [-0.3, -0.25) is 9.69 Å². The van der Waals surface area contributed by atoms with E-state index < -0.39 is 0 Å². The Morgan fingerprint density at radius 2 is 2.00 bits per heavy atom. The summed E-state index contributed by atoms with van der Waals surface area (Å²) in [6, 6.07) is 6.45. The van der Waals surface area contributed by atoms with Crippen LogP contribution in [0.3, 0.4) is 0 Å². The number of para-hydroxylation sites is 1. The molecule has 1 fully saturated rings. The standard InChI is InChI=1S/C15H22FN3O2/c16-13-3-1-2-4-14(13)17-6-5-15(20)18-7-8-19-9-11-21-12-10-19/h1-4,17H,5-12H2,(H,18,20). The highest BCUT2D eigenvalue weighted by Gasteiger charge is 2.10. The molecule has 2 rings (SSSR count). The van der Waals surface area contributed by atoms with Crippen LogP contribution in [-0.2, 0) is 9.53 Å². The van der Waals surface area contributed by atoms with E-state index in [0.29, 0.717) is 25.2 Å². The van der Waals surface area contributed by atoms with Gasteiger partial charge in [-0.25, -0.2) is 4.39 Å². The van der Waals surface area contributed by atoms with E-state index in [4.69, 9.17) is 4.74 Å². The second-order valence-corrected chi connectivity index (χ2v) is 4.96.